The van der Waals surface area contributed by atoms with Crippen molar-refractivity contribution < 1.29 is 4.74 Å². The summed E-state index contributed by atoms with van der Waals surface area (Å²) in [4.78, 5) is 10.1. The second-order valence-corrected chi connectivity index (χ2v) is 7.19. The van der Waals surface area contributed by atoms with E-state index in [2.05, 4.69) is 80.2 Å². The lowest BCUT2D eigenvalue weighted by molar-refractivity contribution is 0.122. The van der Waals surface area contributed by atoms with Crippen LogP contribution in [0.5, 0.6) is 0 Å². The minimum Gasteiger partial charge on any atom is -0.378 e. The van der Waals surface area contributed by atoms with Crippen molar-refractivity contribution in [1.29, 1.82) is 0 Å². The van der Waals surface area contributed by atoms with E-state index in [4.69, 9.17) is 4.74 Å². The first-order chi connectivity index (χ1) is 14.3. The van der Waals surface area contributed by atoms with Gasteiger partial charge in [-0.05, 0) is 29.7 Å². The van der Waals surface area contributed by atoms with Crippen LogP contribution in [0.25, 0.3) is 10.9 Å². The number of benzene rings is 2. The lowest BCUT2D eigenvalue weighted by atomic mass is 10.1. The summed E-state index contributed by atoms with van der Waals surface area (Å²) in [7, 11) is 1.81. The standard InChI is InChI=1S/C23H29N5O/c1-24-23(25-11-10-18-16-26-21-8-4-3-7-20(18)21)27-17-19-6-2-5-9-22(19)28-12-14-29-15-13-28/h2-9,16,26H,10-15,17H2,1H3,(H2,24,25,27). The lowest BCUT2D eigenvalue weighted by Gasteiger charge is -2.30. The predicted octanol–water partition coefficient (Wildman–Crippen LogP) is 2.91. The van der Waals surface area contributed by atoms with Crippen LogP contribution in [-0.2, 0) is 17.7 Å². The molecule has 6 heteroatoms. The van der Waals surface area contributed by atoms with Crippen molar-refractivity contribution in [2.24, 2.45) is 4.99 Å². The quantitative estimate of drug-likeness (QED) is 0.447. The number of fused-ring (bicyclic) bond motifs is 1. The zero-order valence-electron chi connectivity index (χ0n) is 16.9. The van der Waals surface area contributed by atoms with Gasteiger partial charge in [-0.25, -0.2) is 0 Å². The maximum Gasteiger partial charge on any atom is 0.191 e. The molecule has 0 amide bonds. The number of guanidine groups is 1. The van der Waals surface area contributed by atoms with E-state index in [9.17, 15) is 0 Å². The number of rotatable bonds is 6. The number of aliphatic imine (C=N–C) groups is 1. The fourth-order valence-electron chi connectivity index (χ4n) is 3.83. The van der Waals surface area contributed by atoms with Crippen molar-refractivity contribution in [1.82, 2.24) is 15.6 Å². The Hall–Kier alpha value is -2.99. The molecule has 1 fully saturated rings. The van der Waals surface area contributed by atoms with Gasteiger partial charge in [0.2, 0.25) is 0 Å². The van der Waals surface area contributed by atoms with Gasteiger partial charge in [-0.2, -0.15) is 0 Å². The van der Waals surface area contributed by atoms with E-state index in [0.29, 0.717) is 0 Å². The summed E-state index contributed by atoms with van der Waals surface area (Å²) < 4.78 is 5.49. The maximum atomic E-state index is 5.49. The van der Waals surface area contributed by atoms with Crippen LogP contribution in [0.15, 0.2) is 59.7 Å². The molecule has 152 valence electrons. The van der Waals surface area contributed by atoms with Crippen LogP contribution in [0.1, 0.15) is 11.1 Å². The number of H-pyrrole nitrogens is 1. The number of ether oxygens (including phenoxy) is 1. The summed E-state index contributed by atoms with van der Waals surface area (Å²) >= 11 is 0. The molecule has 29 heavy (non-hydrogen) atoms. The Labute approximate surface area is 172 Å². The lowest BCUT2D eigenvalue weighted by Crippen LogP contribution is -2.39. The van der Waals surface area contributed by atoms with Crippen LogP contribution in [0, 0.1) is 0 Å². The highest BCUT2D eigenvalue weighted by molar-refractivity contribution is 5.83. The van der Waals surface area contributed by atoms with Crippen molar-refractivity contribution in [3.05, 3.63) is 65.9 Å². The van der Waals surface area contributed by atoms with Gasteiger partial charge in [-0.3, -0.25) is 4.99 Å². The van der Waals surface area contributed by atoms with Crippen molar-refractivity contribution in [3.8, 4) is 0 Å². The van der Waals surface area contributed by atoms with Gasteiger partial charge in [0.25, 0.3) is 0 Å². The largest absolute Gasteiger partial charge is 0.378 e. The molecule has 0 unspecified atom stereocenters. The highest BCUT2D eigenvalue weighted by atomic mass is 16.5. The second kappa shape index (κ2) is 9.47. The summed E-state index contributed by atoms with van der Waals surface area (Å²) in [6.45, 7) is 5.02. The number of aromatic nitrogens is 1. The molecule has 1 saturated heterocycles. The van der Waals surface area contributed by atoms with E-state index in [-0.39, 0.29) is 0 Å². The summed E-state index contributed by atoms with van der Waals surface area (Å²) in [6, 6.07) is 17.0. The van der Waals surface area contributed by atoms with E-state index < -0.39 is 0 Å². The molecule has 3 N–H and O–H groups in total. The number of aromatic amines is 1. The van der Waals surface area contributed by atoms with E-state index in [1.807, 2.05) is 7.05 Å². The minimum atomic E-state index is 0.736. The zero-order chi connectivity index (χ0) is 19.9. The Kier molecular flexibility index (Phi) is 6.32. The topological polar surface area (TPSA) is 64.7 Å². The van der Waals surface area contributed by atoms with Gasteiger partial charge < -0.3 is 25.3 Å². The number of hydrogen-bond acceptors (Lipinski definition) is 3. The summed E-state index contributed by atoms with van der Waals surface area (Å²) in [5.74, 6) is 0.821. The zero-order valence-corrected chi connectivity index (χ0v) is 16.9. The van der Waals surface area contributed by atoms with E-state index in [0.717, 1.165) is 51.8 Å². The SMILES string of the molecule is CN=C(NCCc1c[nH]c2ccccc12)NCc1ccccc1N1CCOCC1. The van der Waals surface area contributed by atoms with Crippen LogP contribution in [-0.4, -0.2) is 50.8 Å². The van der Waals surface area contributed by atoms with Crippen LogP contribution < -0.4 is 15.5 Å². The normalized spacial score (nSPS) is 14.9. The molecule has 0 saturated carbocycles. The number of nitrogens with one attached hydrogen (secondary N) is 3. The van der Waals surface area contributed by atoms with E-state index in [1.54, 1.807) is 0 Å². The molecule has 0 spiro atoms. The van der Waals surface area contributed by atoms with Crippen LogP contribution in [0.2, 0.25) is 0 Å². The smallest absolute Gasteiger partial charge is 0.191 e. The molecule has 1 aromatic heterocycles. The van der Waals surface area contributed by atoms with Crippen molar-refractivity contribution in [2.75, 3.05) is 44.8 Å². The Morgan fingerprint density at radius 3 is 2.69 bits per heavy atom. The van der Waals surface area contributed by atoms with Crippen LogP contribution >= 0.6 is 0 Å². The molecule has 1 aliphatic rings. The summed E-state index contributed by atoms with van der Waals surface area (Å²) in [5.41, 5.74) is 5.05. The third-order valence-corrected chi connectivity index (χ3v) is 5.37. The van der Waals surface area contributed by atoms with Gasteiger partial charge >= 0.3 is 0 Å². The Balaban J connectivity index is 1.32. The Bertz CT molecular complexity index is 959. The average molecular weight is 392 g/mol. The third kappa shape index (κ3) is 4.71. The van der Waals surface area contributed by atoms with Gasteiger partial charge in [0.15, 0.2) is 5.96 Å². The average Bonchev–Trinajstić information content (AvgIpc) is 3.20. The molecular formula is C23H29N5O. The predicted molar refractivity (Wildman–Crippen MR) is 120 cm³/mol. The van der Waals surface area contributed by atoms with Crippen molar-refractivity contribution in [3.63, 3.8) is 0 Å². The number of hydrogen-bond donors (Lipinski definition) is 3. The molecule has 4 rings (SSSR count). The maximum absolute atomic E-state index is 5.49. The molecule has 2 aromatic carbocycles. The third-order valence-electron chi connectivity index (χ3n) is 5.37. The Morgan fingerprint density at radius 2 is 1.83 bits per heavy atom. The summed E-state index contributed by atoms with van der Waals surface area (Å²) in [5, 5.41) is 8.18. The van der Waals surface area contributed by atoms with Crippen molar-refractivity contribution >= 4 is 22.5 Å². The molecule has 1 aliphatic heterocycles. The first-order valence-electron chi connectivity index (χ1n) is 10.3. The van der Waals surface area contributed by atoms with Gasteiger partial charge in [-0.1, -0.05) is 36.4 Å². The summed E-state index contributed by atoms with van der Waals surface area (Å²) in [6.07, 6.45) is 3.04. The minimum absolute atomic E-state index is 0.736. The van der Waals surface area contributed by atoms with Gasteiger partial charge in [0, 0.05) is 56.0 Å². The van der Waals surface area contributed by atoms with Crippen molar-refractivity contribution in [2.45, 2.75) is 13.0 Å². The Morgan fingerprint density at radius 1 is 1.03 bits per heavy atom. The molecule has 0 atom stereocenters. The molecule has 0 radical (unpaired) electrons. The highest BCUT2D eigenvalue weighted by Crippen LogP contribution is 2.21. The van der Waals surface area contributed by atoms with E-state index >= 15 is 0 Å². The van der Waals surface area contributed by atoms with E-state index in [1.165, 1.54) is 27.7 Å². The molecule has 0 aliphatic carbocycles. The van der Waals surface area contributed by atoms with Crippen LogP contribution in [0.4, 0.5) is 5.69 Å². The number of para-hydroxylation sites is 2. The number of morpholine rings is 1. The molecule has 0 bridgehead atoms. The molecule has 2 heterocycles. The fourth-order valence-corrected chi connectivity index (χ4v) is 3.83. The number of anilines is 1. The fraction of sp³-hybridized carbons (Fsp3) is 0.348. The van der Waals surface area contributed by atoms with Gasteiger partial charge in [-0.15, -0.1) is 0 Å². The monoisotopic (exact) mass is 391 g/mol. The molecular weight excluding hydrogens is 362 g/mol. The first kappa shape index (κ1) is 19.3. The van der Waals surface area contributed by atoms with Gasteiger partial charge in [0.1, 0.15) is 0 Å². The number of nitrogens with zero attached hydrogens (tertiary/aromatic N) is 2. The first-order valence-corrected chi connectivity index (χ1v) is 10.3. The highest BCUT2D eigenvalue weighted by Gasteiger charge is 2.14. The molecule has 6 nitrogen and oxygen atoms in total. The van der Waals surface area contributed by atoms with Crippen LogP contribution in [0.3, 0.4) is 0 Å². The van der Waals surface area contributed by atoms with Gasteiger partial charge in [0.05, 0.1) is 13.2 Å². The molecule has 3 aromatic rings. The second-order valence-electron chi connectivity index (χ2n) is 7.19.